The molecule has 1 heterocycles. The van der Waals surface area contributed by atoms with Gasteiger partial charge >= 0.3 is 6.18 Å². The summed E-state index contributed by atoms with van der Waals surface area (Å²) >= 11 is 0. The van der Waals surface area contributed by atoms with Crippen molar-refractivity contribution in [3.05, 3.63) is 66.4 Å². The van der Waals surface area contributed by atoms with Crippen LogP contribution in [-0.4, -0.2) is 23.6 Å². The zero-order valence-electron chi connectivity index (χ0n) is 15.6. The topological polar surface area (TPSA) is 38.2 Å². The fourth-order valence-electron chi connectivity index (χ4n) is 2.66. The van der Waals surface area contributed by atoms with Crippen LogP contribution in [0.15, 0.2) is 60.8 Å². The van der Waals surface area contributed by atoms with Gasteiger partial charge in [0, 0.05) is 24.5 Å². The highest BCUT2D eigenvalue weighted by Gasteiger charge is 2.36. The van der Waals surface area contributed by atoms with Crippen LogP contribution in [0.2, 0.25) is 0 Å². The number of hydrogen-bond donors (Lipinski definition) is 0. The van der Waals surface area contributed by atoms with Crippen LogP contribution >= 0.6 is 0 Å². The third kappa shape index (κ3) is 4.42. The highest BCUT2D eigenvalue weighted by molar-refractivity contribution is 5.66. The molecule has 28 heavy (non-hydrogen) atoms. The number of hydrogen-bond acceptors (Lipinski definition) is 4. The molecule has 3 rings (SSSR count). The van der Waals surface area contributed by atoms with Crippen molar-refractivity contribution in [2.75, 3.05) is 18.6 Å². The van der Waals surface area contributed by atoms with Gasteiger partial charge in [-0.25, -0.2) is 9.97 Å². The summed E-state index contributed by atoms with van der Waals surface area (Å²) in [5.41, 5.74) is 0.322. The Morgan fingerprint density at radius 3 is 2.29 bits per heavy atom. The molecule has 0 unspecified atom stereocenters. The van der Waals surface area contributed by atoms with Gasteiger partial charge in [0.05, 0.1) is 6.61 Å². The molecule has 0 saturated heterocycles. The first-order valence-corrected chi connectivity index (χ1v) is 8.86. The van der Waals surface area contributed by atoms with Gasteiger partial charge < -0.3 is 9.64 Å². The third-order valence-corrected chi connectivity index (χ3v) is 4.12. The predicted molar refractivity (Wildman–Crippen MR) is 103 cm³/mol. The summed E-state index contributed by atoms with van der Waals surface area (Å²) in [5.74, 6) is 0.699. The second-order valence-electron chi connectivity index (χ2n) is 6.20. The normalized spacial score (nSPS) is 11.3. The fourth-order valence-corrected chi connectivity index (χ4v) is 2.66. The summed E-state index contributed by atoms with van der Waals surface area (Å²) in [7, 11) is 1.55. The van der Waals surface area contributed by atoms with Crippen molar-refractivity contribution in [3.8, 4) is 17.1 Å². The van der Waals surface area contributed by atoms with Gasteiger partial charge in [0.25, 0.3) is 0 Å². The Bertz CT molecular complexity index is 912. The van der Waals surface area contributed by atoms with Crippen molar-refractivity contribution in [1.29, 1.82) is 0 Å². The van der Waals surface area contributed by atoms with E-state index in [1.807, 2.05) is 13.0 Å². The van der Waals surface area contributed by atoms with Crippen molar-refractivity contribution in [1.82, 2.24) is 9.97 Å². The Balaban J connectivity index is 2.00. The molecule has 7 heteroatoms. The van der Waals surface area contributed by atoms with Gasteiger partial charge in [-0.3, -0.25) is 0 Å². The number of nitrogens with zero attached hydrogens (tertiary/aromatic N) is 3. The first-order chi connectivity index (χ1) is 13.4. The van der Waals surface area contributed by atoms with Crippen molar-refractivity contribution in [2.45, 2.75) is 19.5 Å². The quantitative estimate of drug-likeness (QED) is 0.542. The number of rotatable bonds is 6. The average Bonchev–Trinajstić information content (AvgIpc) is 2.71. The van der Waals surface area contributed by atoms with E-state index in [0.717, 1.165) is 12.6 Å². The molecule has 0 bridgehead atoms. The SMILES string of the molecule is CCCOc1ccc(N(C)c2nc(-c3ccccc3)ncc2C(F)(F)F)cc1. The van der Waals surface area contributed by atoms with Crippen LogP contribution in [0.3, 0.4) is 0 Å². The number of ether oxygens (including phenoxy) is 1. The second kappa shape index (κ2) is 8.29. The van der Waals surface area contributed by atoms with Crippen LogP contribution in [0.5, 0.6) is 5.75 Å². The molecule has 146 valence electrons. The van der Waals surface area contributed by atoms with Gasteiger partial charge in [0.1, 0.15) is 17.1 Å². The minimum Gasteiger partial charge on any atom is -0.494 e. The molecule has 3 aromatic rings. The van der Waals surface area contributed by atoms with Crippen LogP contribution < -0.4 is 9.64 Å². The Morgan fingerprint density at radius 1 is 1.00 bits per heavy atom. The standard InChI is InChI=1S/C21H20F3N3O/c1-3-13-28-17-11-9-16(10-12-17)27(2)20-18(21(22,23)24)14-25-19(26-20)15-7-5-4-6-8-15/h4-12,14H,3,13H2,1-2H3. The van der Waals surface area contributed by atoms with E-state index in [4.69, 9.17) is 4.74 Å². The molecule has 2 aromatic carbocycles. The van der Waals surface area contributed by atoms with E-state index < -0.39 is 11.7 Å². The van der Waals surface area contributed by atoms with Crippen molar-refractivity contribution >= 4 is 11.5 Å². The van der Waals surface area contributed by atoms with Gasteiger partial charge in [-0.05, 0) is 30.7 Å². The maximum Gasteiger partial charge on any atom is 0.421 e. The Morgan fingerprint density at radius 2 is 1.68 bits per heavy atom. The van der Waals surface area contributed by atoms with E-state index in [0.29, 0.717) is 23.6 Å². The van der Waals surface area contributed by atoms with Gasteiger partial charge in [0.2, 0.25) is 0 Å². The summed E-state index contributed by atoms with van der Waals surface area (Å²) in [4.78, 5) is 9.55. The van der Waals surface area contributed by atoms with Crippen LogP contribution in [0.1, 0.15) is 18.9 Å². The Labute approximate surface area is 161 Å². The lowest BCUT2D eigenvalue weighted by Crippen LogP contribution is -2.19. The molecular formula is C21H20F3N3O. The third-order valence-electron chi connectivity index (χ3n) is 4.12. The maximum absolute atomic E-state index is 13.5. The lowest BCUT2D eigenvalue weighted by Gasteiger charge is -2.23. The first kappa shape index (κ1) is 19.7. The summed E-state index contributed by atoms with van der Waals surface area (Å²) in [5, 5.41) is 0. The van der Waals surface area contributed by atoms with Gasteiger partial charge in [-0.1, -0.05) is 37.3 Å². The van der Waals surface area contributed by atoms with Crippen molar-refractivity contribution in [3.63, 3.8) is 0 Å². The van der Waals surface area contributed by atoms with Crippen LogP contribution in [-0.2, 0) is 6.18 Å². The van der Waals surface area contributed by atoms with Gasteiger partial charge in [-0.2, -0.15) is 13.2 Å². The summed E-state index contributed by atoms with van der Waals surface area (Å²) in [6.07, 6.45) is -2.86. The molecule has 0 N–H and O–H groups in total. The highest BCUT2D eigenvalue weighted by atomic mass is 19.4. The van der Waals surface area contributed by atoms with Crippen molar-refractivity contribution < 1.29 is 17.9 Å². The molecule has 1 aromatic heterocycles. The first-order valence-electron chi connectivity index (χ1n) is 8.86. The summed E-state index contributed by atoms with van der Waals surface area (Å²) in [6.45, 7) is 2.58. The van der Waals surface area contributed by atoms with E-state index in [-0.39, 0.29) is 11.6 Å². The number of alkyl halides is 3. The van der Waals surface area contributed by atoms with Crippen molar-refractivity contribution in [2.24, 2.45) is 0 Å². The molecule has 0 aliphatic rings. The van der Waals surface area contributed by atoms with E-state index in [2.05, 4.69) is 9.97 Å². The van der Waals surface area contributed by atoms with E-state index >= 15 is 0 Å². The van der Waals surface area contributed by atoms with E-state index in [1.165, 1.54) is 4.90 Å². The Kier molecular flexibility index (Phi) is 5.82. The summed E-state index contributed by atoms with van der Waals surface area (Å²) in [6, 6.07) is 15.8. The average molecular weight is 387 g/mol. The minimum absolute atomic E-state index is 0.205. The second-order valence-corrected chi connectivity index (χ2v) is 6.20. The predicted octanol–water partition coefficient (Wildman–Crippen LogP) is 5.72. The van der Waals surface area contributed by atoms with E-state index in [1.54, 1.807) is 55.6 Å². The zero-order chi connectivity index (χ0) is 20.1. The monoisotopic (exact) mass is 387 g/mol. The van der Waals surface area contributed by atoms with Crippen LogP contribution in [0, 0.1) is 0 Å². The maximum atomic E-state index is 13.5. The molecule has 0 amide bonds. The molecule has 0 saturated carbocycles. The molecule has 0 spiro atoms. The molecular weight excluding hydrogens is 367 g/mol. The van der Waals surface area contributed by atoms with E-state index in [9.17, 15) is 13.2 Å². The number of anilines is 2. The van der Waals surface area contributed by atoms with Gasteiger partial charge in [-0.15, -0.1) is 0 Å². The highest BCUT2D eigenvalue weighted by Crippen LogP contribution is 2.38. The largest absolute Gasteiger partial charge is 0.494 e. The molecule has 4 nitrogen and oxygen atoms in total. The molecule has 0 radical (unpaired) electrons. The number of benzene rings is 2. The lowest BCUT2D eigenvalue weighted by atomic mass is 10.2. The molecule has 0 aliphatic carbocycles. The number of aromatic nitrogens is 2. The zero-order valence-corrected chi connectivity index (χ0v) is 15.6. The molecule has 0 aliphatic heterocycles. The van der Waals surface area contributed by atoms with Crippen LogP contribution in [0.25, 0.3) is 11.4 Å². The summed E-state index contributed by atoms with van der Waals surface area (Å²) < 4.78 is 46.1. The fraction of sp³-hybridized carbons (Fsp3) is 0.238. The smallest absolute Gasteiger partial charge is 0.421 e. The lowest BCUT2D eigenvalue weighted by molar-refractivity contribution is -0.137. The number of halogens is 3. The molecule has 0 atom stereocenters. The molecule has 0 fully saturated rings. The van der Waals surface area contributed by atoms with Crippen LogP contribution in [0.4, 0.5) is 24.7 Å². The minimum atomic E-state index is -4.57. The van der Waals surface area contributed by atoms with Gasteiger partial charge in [0.15, 0.2) is 5.82 Å². The Hall–Kier alpha value is -3.09.